The summed E-state index contributed by atoms with van der Waals surface area (Å²) < 4.78 is 10.7. The lowest BCUT2D eigenvalue weighted by Crippen LogP contribution is -2.20. The molecule has 0 saturated carbocycles. The molecule has 0 N–H and O–H groups in total. The lowest BCUT2D eigenvalue weighted by Gasteiger charge is -2.11. The van der Waals surface area contributed by atoms with Gasteiger partial charge >= 0.3 is 5.97 Å². The van der Waals surface area contributed by atoms with Crippen LogP contribution >= 0.6 is 11.6 Å². The number of esters is 1. The van der Waals surface area contributed by atoms with Crippen molar-refractivity contribution in [2.75, 3.05) is 13.2 Å². The van der Waals surface area contributed by atoms with Gasteiger partial charge in [-0.3, -0.25) is 4.79 Å². The number of rotatable bonds is 2. The molecule has 0 bridgehead atoms. The molecule has 1 unspecified atom stereocenters. The van der Waals surface area contributed by atoms with Gasteiger partial charge in [-0.05, 0) is 18.6 Å². The van der Waals surface area contributed by atoms with Crippen LogP contribution in [0.1, 0.15) is 6.42 Å². The van der Waals surface area contributed by atoms with E-state index in [9.17, 15) is 4.79 Å². The topological polar surface area (TPSA) is 35.5 Å². The second-order valence-electron chi connectivity index (χ2n) is 4.57. The van der Waals surface area contributed by atoms with Gasteiger partial charge in [-0.25, -0.2) is 0 Å². The Morgan fingerprint density at radius 2 is 2.00 bits per heavy atom. The molecule has 3 nitrogen and oxygen atoms in total. The summed E-state index contributed by atoms with van der Waals surface area (Å²) in [7, 11) is 0. The first kappa shape index (κ1) is 12.5. The van der Waals surface area contributed by atoms with E-state index < -0.39 is 0 Å². The van der Waals surface area contributed by atoms with E-state index in [0.717, 1.165) is 17.2 Å². The predicted molar refractivity (Wildman–Crippen MR) is 73.5 cm³/mol. The molecule has 19 heavy (non-hydrogen) atoms. The van der Waals surface area contributed by atoms with Crippen LogP contribution in [-0.4, -0.2) is 19.2 Å². The number of hydrogen-bond donors (Lipinski definition) is 0. The van der Waals surface area contributed by atoms with Crippen LogP contribution in [0.3, 0.4) is 0 Å². The summed E-state index contributed by atoms with van der Waals surface area (Å²) in [5.41, 5.74) is 0. The summed E-state index contributed by atoms with van der Waals surface area (Å²) in [6.07, 6.45) is 0.727. The van der Waals surface area contributed by atoms with Gasteiger partial charge in [0.15, 0.2) is 0 Å². The Balaban J connectivity index is 1.92. The van der Waals surface area contributed by atoms with Gasteiger partial charge in [0.1, 0.15) is 5.75 Å². The van der Waals surface area contributed by atoms with Crippen LogP contribution in [0.25, 0.3) is 10.8 Å². The number of halogens is 1. The third kappa shape index (κ3) is 2.44. The van der Waals surface area contributed by atoms with E-state index in [2.05, 4.69) is 0 Å². The van der Waals surface area contributed by atoms with Crippen molar-refractivity contribution in [2.24, 2.45) is 5.92 Å². The van der Waals surface area contributed by atoms with Crippen molar-refractivity contribution in [2.45, 2.75) is 6.42 Å². The van der Waals surface area contributed by atoms with Gasteiger partial charge in [-0.1, -0.05) is 35.9 Å². The number of carbonyl (C=O) groups is 1. The average Bonchev–Trinajstić information content (AvgIpc) is 2.96. The van der Waals surface area contributed by atoms with Crippen molar-refractivity contribution in [1.82, 2.24) is 0 Å². The monoisotopic (exact) mass is 276 g/mol. The second-order valence-corrected chi connectivity index (χ2v) is 4.98. The standard InChI is InChI=1S/C15H13ClO3/c16-13-5-6-14(12-4-2-1-3-11(12)13)19-15(17)10-7-8-18-9-10/h1-6,10H,7-9H2. The number of benzene rings is 2. The Bertz CT molecular complexity index is 618. The first-order valence-corrected chi connectivity index (χ1v) is 6.60. The quantitative estimate of drug-likeness (QED) is 0.623. The SMILES string of the molecule is O=C(Oc1ccc(Cl)c2ccccc12)C1CCOC1. The molecule has 98 valence electrons. The Hall–Kier alpha value is -1.58. The highest BCUT2D eigenvalue weighted by atomic mass is 35.5. The maximum atomic E-state index is 12.0. The summed E-state index contributed by atoms with van der Waals surface area (Å²) >= 11 is 6.13. The van der Waals surface area contributed by atoms with Gasteiger partial charge < -0.3 is 9.47 Å². The summed E-state index contributed by atoms with van der Waals surface area (Å²) in [5.74, 6) is 0.163. The minimum atomic E-state index is -0.232. The number of hydrogen-bond acceptors (Lipinski definition) is 3. The van der Waals surface area contributed by atoms with E-state index in [4.69, 9.17) is 21.1 Å². The Labute approximate surface area is 116 Å². The molecular formula is C15H13ClO3. The molecule has 2 aromatic carbocycles. The van der Waals surface area contributed by atoms with Crippen LogP contribution in [-0.2, 0) is 9.53 Å². The van der Waals surface area contributed by atoms with Crippen LogP contribution < -0.4 is 4.74 Å². The molecule has 1 atom stereocenters. The van der Waals surface area contributed by atoms with Crippen LogP contribution in [0.4, 0.5) is 0 Å². The molecular weight excluding hydrogens is 264 g/mol. The average molecular weight is 277 g/mol. The van der Waals surface area contributed by atoms with Crippen molar-refractivity contribution in [3.05, 3.63) is 41.4 Å². The molecule has 1 fully saturated rings. The van der Waals surface area contributed by atoms with Gasteiger partial charge in [0, 0.05) is 22.4 Å². The Morgan fingerprint density at radius 3 is 2.74 bits per heavy atom. The zero-order valence-electron chi connectivity index (χ0n) is 10.3. The Kier molecular flexibility index (Phi) is 3.40. The van der Waals surface area contributed by atoms with Crippen molar-refractivity contribution >= 4 is 28.3 Å². The molecule has 3 rings (SSSR count). The summed E-state index contributed by atoms with van der Waals surface area (Å²) in [4.78, 5) is 12.0. The van der Waals surface area contributed by atoms with E-state index in [1.165, 1.54) is 0 Å². The molecule has 4 heteroatoms. The number of fused-ring (bicyclic) bond motifs is 1. The molecule has 1 heterocycles. The highest BCUT2D eigenvalue weighted by Crippen LogP contribution is 2.32. The molecule has 0 radical (unpaired) electrons. The zero-order chi connectivity index (χ0) is 13.2. The highest BCUT2D eigenvalue weighted by molar-refractivity contribution is 6.35. The summed E-state index contributed by atoms with van der Waals surface area (Å²) in [5, 5.41) is 2.39. The van der Waals surface area contributed by atoms with Crippen molar-refractivity contribution in [3.63, 3.8) is 0 Å². The first-order chi connectivity index (χ1) is 9.25. The van der Waals surface area contributed by atoms with Gasteiger partial charge in [0.25, 0.3) is 0 Å². The fourth-order valence-corrected chi connectivity index (χ4v) is 2.46. The van der Waals surface area contributed by atoms with Crippen LogP contribution in [0, 0.1) is 5.92 Å². The smallest absolute Gasteiger partial charge is 0.316 e. The zero-order valence-corrected chi connectivity index (χ0v) is 11.0. The molecule has 0 spiro atoms. The molecule has 1 aliphatic heterocycles. The maximum Gasteiger partial charge on any atom is 0.316 e. The third-order valence-corrected chi connectivity index (χ3v) is 3.63. The summed E-state index contributed by atoms with van der Waals surface area (Å²) in [6.45, 7) is 1.07. The van der Waals surface area contributed by atoms with Crippen LogP contribution in [0.5, 0.6) is 5.75 Å². The van der Waals surface area contributed by atoms with Gasteiger partial charge in [-0.15, -0.1) is 0 Å². The second kappa shape index (κ2) is 5.19. The number of ether oxygens (including phenoxy) is 2. The fourth-order valence-electron chi connectivity index (χ4n) is 2.24. The molecule has 1 aliphatic rings. The Morgan fingerprint density at radius 1 is 1.21 bits per heavy atom. The van der Waals surface area contributed by atoms with E-state index in [0.29, 0.717) is 24.0 Å². The maximum absolute atomic E-state index is 12.0. The summed E-state index contributed by atoms with van der Waals surface area (Å²) in [6, 6.07) is 11.1. The lowest BCUT2D eigenvalue weighted by molar-refractivity contribution is -0.138. The fraction of sp³-hybridized carbons (Fsp3) is 0.267. The minimum absolute atomic E-state index is 0.158. The normalized spacial score (nSPS) is 18.7. The molecule has 0 amide bonds. The van der Waals surface area contributed by atoms with Crippen LogP contribution in [0.15, 0.2) is 36.4 Å². The number of carbonyl (C=O) groups excluding carboxylic acids is 1. The highest BCUT2D eigenvalue weighted by Gasteiger charge is 2.25. The van der Waals surface area contributed by atoms with E-state index >= 15 is 0 Å². The predicted octanol–water partition coefficient (Wildman–Crippen LogP) is 3.44. The molecule has 1 saturated heterocycles. The van der Waals surface area contributed by atoms with Gasteiger partial charge in [0.05, 0.1) is 12.5 Å². The van der Waals surface area contributed by atoms with E-state index in [1.807, 2.05) is 24.3 Å². The first-order valence-electron chi connectivity index (χ1n) is 6.22. The molecule has 0 aromatic heterocycles. The van der Waals surface area contributed by atoms with Crippen molar-refractivity contribution < 1.29 is 14.3 Å². The molecule has 2 aromatic rings. The van der Waals surface area contributed by atoms with E-state index in [-0.39, 0.29) is 11.9 Å². The van der Waals surface area contributed by atoms with E-state index in [1.54, 1.807) is 12.1 Å². The van der Waals surface area contributed by atoms with Crippen molar-refractivity contribution in [1.29, 1.82) is 0 Å². The lowest BCUT2D eigenvalue weighted by atomic mass is 10.1. The molecule has 0 aliphatic carbocycles. The third-order valence-electron chi connectivity index (χ3n) is 3.30. The van der Waals surface area contributed by atoms with Crippen LogP contribution in [0.2, 0.25) is 5.02 Å². The van der Waals surface area contributed by atoms with Gasteiger partial charge in [-0.2, -0.15) is 0 Å². The minimum Gasteiger partial charge on any atom is -0.426 e. The largest absolute Gasteiger partial charge is 0.426 e. The van der Waals surface area contributed by atoms with Gasteiger partial charge in [0.2, 0.25) is 0 Å². The van der Waals surface area contributed by atoms with Crippen molar-refractivity contribution in [3.8, 4) is 5.75 Å².